The first-order chi connectivity index (χ1) is 19.0. The van der Waals surface area contributed by atoms with E-state index in [2.05, 4.69) is 13.2 Å². The summed E-state index contributed by atoms with van der Waals surface area (Å²) in [4.78, 5) is 48.5. The van der Waals surface area contributed by atoms with Crippen molar-refractivity contribution in [3.05, 3.63) is 55.6 Å². The van der Waals surface area contributed by atoms with E-state index in [-0.39, 0.29) is 42.8 Å². The second-order valence-electron chi connectivity index (χ2n) is 12.0. The lowest BCUT2D eigenvalue weighted by molar-refractivity contribution is -0.158. The van der Waals surface area contributed by atoms with E-state index in [1.807, 2.05) is 65.0 Å². The molecule has 1 spiro atoms. The lowest BCUT2D eigenvalue weighted by atomic mass is 9.64. The Kier molecular flexibility index (Phi) is 8.62. The van der Waals surface area contributed by atoms with E-state index in [9.17, 15) is 19.5 Å². The summed E-state index contributed by atoms with van der Waals surface area (Å²) < 4.78 is 6.94. The number of carbonyl (C=O) groups is 3. The van der Waals surface area contributed by atoms with Crippen LogP contribution in [0.3, 0.4) is 0 Å². The minimum Gasteiger partial charge on any atom is -0.394 e. The maximum absolute atomic E-state index is 14.6. The minimum absolute atomic E-state index is 0.112. The van der Waals surface area contributed by atoms with Gasteiger partial charge in [-0.15, -0.1) is 13.2 Å². The van der Waals surface area contributed by atoms with Crippen LogP contribution in [0.2, 0.25) is 0 Å². The van der Waals surface area contributed by atoms with Crippen LogP contribution in [0.25, 0.3) is 0 Å². The molecule has 3 aliphatic heterocycles. The van der Waals surface area contributed by atoms with Crippen LogP contribution in [0.15, 0.2) is 55.6 Å². The molecule has 3 fully saturated rings. The van der Waals surface area contributed by atoms with Crippen molar-refractivity contribution >= 4 is 23.4 Å². The van der Waals surface area contributed by atoms with E-state index in [0.717, 1.165) is 5.69 Å². The van der Waals surface area contributed by atoms with Crippen LogP contribution in [-0.2, 0) is 19.1 Å². The molecule has 3 heterocycles. The summed E-state index contributed by atoms with van der Waals surface area (Å²) in [6, 6.07) is 7.71. The van der Waals surface area contributed by atoms with Gasteiger partial charge in [-0.1, -0.05) is 51.1 Å². The average Bonchev–Trinajstić information content (AvgIpc) is 3.54. The maximum Gasteiger partial charge on any atom is 0.248 e. The molecule has 0 radical (unpaired) electrons. The molecule has 3 aliphatic rings. The van der Waals surface area contributed by atoms with Crippen molar-refractivity contribution in [3.8, 4) is 0 Å². The molecule has 0 aromatic heterocycles. The van der Waals surface area contributed by atoms with E-state index in [1.165, 1.54) is 0 Å². The van der Waals surface area contributed by atoms with Gasteiger partial charge in [-0.05, 0) is 51.2 Å². The number of hydrogen-bond acceptors (Lipinski definition) is 5. The van der Waals surface area contributed by atoms with Gasteiger partial charge in [0.1, 0.15) is 11.6 Å². The zero-order valence-corrected chi connectivity index (χ0v) is 24.6. The Morgan fingerprint density at radius 1 is 1.10 bits per heavy atom. The second kappa shape index (κ2) is 11.5. The molecule has 218 valence electrons. The largest absolute Gasteiger partial charge is 0.394 e. The Hall–Kier alpha value is -2.97. The normalized spacial score (nSPS) is 29.6. The van der Waals surface area contributed by atoms with E-state index in [1.54, 1.807) is 26.9 Å². The number of aliphatic hydroxyl groups excluding tert-OH is 1. The lowest BCUT2D eigenvalue weighted by Gasteiger charge is -2.41. The van der Waals surface area contributed by atoms with Crippen LogP contribution < -0.4 is 4.90 Å². The summed E-state index contributed by atoms with van der Waals surface area (Å²) in [5.41, 5.74) is -1.29. The maximum atomic E-state index is 14.6. The van der Waals surface area contributed by atoms with Gasteiger partial charge < -0.3 is 24.5 Å². The topological polar surface area (TPSA) is 90.4 Å². The molecule has 2 bridgehead atoms. The summed E-state index contributed by atoms with van der Waals surface area (Å²) in [5.74, 6) is -2.41. The zero-order valence-electron chi connectivity index (χ0n) is 24.6. The number of para-hydroxylation sites is 1. The number of carbonyl (C=O) groups excluding carboxylic acids is 3. The third-order valence-corrected chi connectivity index (χ3v) is 9.31. The van der Waals surface area contributed by atoms with Crippen LogP contribution >= 0.6 is 0 Å². The molecule has 4 rings (SSSR count). The highest BCUT2D eigenvalue weighted by atomic mass is 16.5. The van der Waals surface area contributed by atoms with E-state index >= 15 is 0 Å². The minimum atomic E-state index is -1.16. The third-order valence-electron chi connectivity index (χ3n) is 9.31. The number of anilines is 1. The van der Waals surface area contributed by atoms with Crippen LogP contribution in [0.4, 0.5) is 5.69 Å². The lowest BCUT2D eigenvalue weighted by Crippen LogP contribution is -2.60. The standard InChI is InChI=1S/C32H45N3O5/c1-8-18-33(22(6)7)30(39)27-32-17-16-31(10-3,40-32)25(26(32)29(38)35(27)24(20-36)21(4)5)28(37)34(19-9-2)23-14-12-11-13-15-23/h8-9,11-15,21-22,24-27,36H,1-2,10,16-20H2,3-7H3/t24-,25-,26-,27?,31+,32?/m0/s1. The number of likely N-dealkylation sites (tertiary alicyclic amines) is 1. The quantitative estimate of drug-likeness (QED) is 0.399. The molecule has 40 heavy (non-hydrogen) atoms. The van der Waals surface area contributed by atoms with Gasteiger partial charge in [0.05, 0.1) is 30.1 Å². The molecule has 1 aromatic carbocycles. The number of nitrogens with zero attached hydrogens (tertiary/aromatic N) is 3. The zero-order chi connectivity index (χ0) is 29.4. The molecule has 8 nitrogen and oxygen atoms in total. The Morgan fingerprint density at radius 3 is 2.27 bits per heavy atom. The van der Waals surface area contributed by atoms with Gasteiger partial charge in [0.2, 0.25) is 17.7 Å². The highest BCUT2D eigenvalue weighted by Gasteiger charge is 2.79. The summed E-state index contributed by atoms with van der Waals surface area (Å²) in [5, 5.41) is 10.5. The number of hydrogen-bond donors (Lipinski definition) is 1. The molecule has 0 aliphatic carbocycles. The Balaban J connectivity index is 1.88. The fraction of sp³-hybridized carbons (Fsp3) is 0.594. The van der Waals surface area contributed by atoms with Gasteiger partial charge in [-0.2, -0.15) is 0 Å². The first-order valence-electron chi connectivity index (χ1n) is 14.6. The molecule has 0 saturated carbocycles. The van der Waals surface area contributed by atoms with Crippen molar-refractivity contribution in [3.63, 3.8) is 0 Å². The average molecular weight is 552 g/mol. The van der Waals surface area contributed by atoms with Crippen LogP contribution in [0, 0.1) is 17.8 Å². The van der Waals surface area contributed by atoms with Crippen molar-refractivity contribution in [1.82, 2.24) is 9.80 Å². The van der Waals surface area contributed by atoms with Gasteiger partial charge >= 0.3 is 0 Å². The molecule has 1 aromatic rings. The van der Waals surface area contributed by atoms with Crippen molar-refractivity contribution < 1.29 is 24.2 Å². The second-order valence-corrected chi connectivity index (χ2v) is 12.0. The molecule has 6 atom stereocenters. The molecule has 1 N–H and O–H groups in total. The highest BCUT2D eigenvalue weighted by molar-refractivity contribution is 6.03. The van der Waals surface area contributed by atoms with Crippen LogP contribution in [0.5, 0.6) is 0 Å². The molecular formula is C32H45N3O5. The summed E-state index contributed by atoms with van der Waals surface area (Å²) in [6.07, 6.45) is 4.98. The summed E-state index contributed by atoms with van der Waals surface area (Å²) in [7, 11) is 0. The molecule has 3 saturated heterocycles. The number of benzene rings is 1. The van der Waals surface area contributed by atoms with Gasteiger partial charge in [0, 0.05) is 24.8 Å². The molecule has 2 unspecified atom stereocenters. The SMILES string of the molecule is C=CCN(C(=O)[C@@H]1[C@H]2C(=O)N([C@@H](CO)C(C)C)C(C(=O)N(CC=C)C(C)C)C23CC[C@@]1(CC)O3)c1ccccc1. The monoisotopic (exact) mass is 551 g/mol. The van der Waals surface area contributed by atoms with Gasteiger partial charge in [0.15, 0.2) is 0 Å². The Morgan fingerprint density at radius 2 is 1.75 bits per heavy atom. The van der Waals surface area contributed by atoms with E-state index in [4.69, 9.17) is 4.74 Å². The van der Waals surface area contributed by atoms with E-state index < -0.39 is 35.1 Å². The summed E-state index contributed by atoms with van der Waals surface area (Å²) in [6.45, 7) is 17.7. The number of rotatable bonds is 12. The van der Waals surface area contributed by atoms with Crippen molar-refractivity contribution in [1.29, 1.82) is 0 Å². The third kappa shape index (κ3) is 4.49. The van der Waals surface area contributed by atoms with Crippen LogP contribution in [-0.4, -0.2) is 81.7 Å². The van der Waals surface area contributed by atoms with Crippen LogP contribution in [0.1, 0.15) is 53.9 Å². The number of ether oxygens (including phenoxy) is 1. The Bertz CT molecular complexity index is 1140. The fourth-order valence-electron chi connectivity index (χ4n) is 7.37. The van der Waals surface area contributed by atoms with Crippen molar-refractivity contribution in [2.75, 3.05) is 24.6 Å². The number of fused-ring (bicyclic) bond motifs is 1. The number of aliphatic hydroxyl groups is 1. The van der Waals surface area contributed by atoms with Gasteiger partial charge in [-0.3, -0.25) is 14.4 Å². The molecule has 3 amide bonds. The first kappa shape index (κ1) is 30.0. The highest BCUT2D eigenvalue weighted by Crippen LogP contribution is 2.65. The predicted octanol–water partition coefficient (Wildman–Crippen LogP) is 3.80. The summed E-state index contributed by atoms with van der Waals surface area (Å²) >= 11 is 0. The van der Waals surface area contributed by atoms with E-state index in [0.29, 0.717) is 25.8 Å². The Labute approximate surface area is 238 Å². The van der Waals surface area contributed by atoms with Gasteiger partial charge in [-0.25, -0.2) is 0 Å². The fourth-order valence-corrected chi connectivity index (χ4v) is 7.37. The van der Waals surface area contributed by atoms with Crippen molar-refractivity contribution in [2.45, 2.75) is 83.2 Å². The molecular weight excluding hydrogens is 506 g/mol. The van der Waals surface area contributed by atoms with Crippen molar-refractivity contribution in [2.24, 2.45) is 17.8 Å². The molecule has 8 heteroatoms. The first-order valence-corrected chi connectivity index (χ1v) is 14.6. The number of amides is 3. The predicted molar refractivity (Wildman–Crippen MR) is 155 cm³/mol. The smallest absolute Gasteiger partial charge is 0.248 e. The van der Waals surface area contributed by atoms with Gasteiger partial charge in [0.25, 0.3) is 0 Å².